The number of nitrogens with two attached hydrogens (primary N) is 1. The van der Waals surface area contributed by atoms with Crippen molar-refractivity contribution in [3.8, 4) is 0 Å². The Bertz CT molecular complexity index is 936. The summed E-state index contributed by atoms with van der Waals surface area (Å²) in [5.74, 6) is -3.29. The van der Waals surface area contributed by atoms with Gasteiger partial charge < -0.3 is 11.1 Å². The van der Waals surface area contributed by atoms with E-state index in [-0.39, 0.29) is 21.9 Å². The third kappa shape index (κ3) is 3.41. The molecule has 3 rings (SSSR count). The molecule has 1 unspecified atom stereocenters. The van der Waals surface area contributed by atoms with Crippen LogP contribution in [0.5, 0.6) is 0 Å². The molecule has 0 saturated carbocycles. The third-order valence-corrected chi connectivity index (χ3v) is 6.32. The molecule has 3 N–H and O–H groups in total. The van der Waals surface area contributed by atoms with Gasteiger partial charge in [0.05, 0.1) is 17.9 Å². The summed E-state index contributed by atoms with van der Waals surface area (Å²) in [5, 5.41) is 3.05. The predicted molar refractivity (Wildman–Crippen MR) is 94.9 cm³/mol. The van der Waals surface area contributed by atoms with E-state index in [0.29, 0.717) is 30.8 Å². The van der Waals surface area contributed by atoms with Crippen molar-refractivity contribution in [1.82, 2.24) is 10.3 Å². The zero-order valence-electron chi connectivity index (χ0n) is 13.7. The quantitative estimate of drug-likeness (QED) is 0.732. The van der Waals surface area contributed by atoms with Gasteiger partial charge in [0.2, 0.25) is 20.9 Å². The van der Waals surface area contributed by atoms with Crippen LogP contribution < -0.4 is 15.4 Å². The molecule has 1 saturated heterocycles. The molecule has 0 amide bonds. The highest BCUT2D eigenvalue weighted by atomic mass is 32.2. The average molecular weight is 402 g/mol. The van der Waals surface area contributed by atoms with E-state index in [2.05, 4.69) is 10.3 Å². The van der Waals surface area contributed by atoms with Crippen LogP contribution >= 0.6 is 11.3 Å². The van der Waals surface area contributed by atoms with E-state index in [1.54, 1.807) is 0 Å². The van der Waals surface area contributed by atoms with Crippen LogP contribution in [-0.4, -0.2) is 44.6 Å². The third-order valence-electron chi connectivity index (χ3n) is 3.95. The first-order valence-corrected chi connectivity index (χ1v) is 10.3. The second-order valence-corrected chi connectivity index (χ2v) is 8.68. The first-order valence-electron chi connectivity index (χ1n) is 7.65. The summed E-state index contributed by atoms with van der Waals surface area (Å²) >= 11 is 0.702. The molecule has 1 aliphatic heterocycles. The summed E-state index contributed by atoms with van der Waals surface area (Å²) in [5.41, 5.74) is 5.01. The van der Waals surface area contributed by atoms with Crippen LogP contribution in [0.15, 0.2) is 18.2 Å². The fourth-order valence-electron chi connectivity index (χ4n) is 2.81. The van der Waals surface area contributed by atoms with Gasteiger partial charge in [-0.15, -0.1) is 0 Å². The van der Waals surface area contributed by atoms with Crippen LogP contribution in [0.4, 0.5) is 19.7 Å². The molecule has 26 heavy (non-hydrogen) atoms. The van der Waals surface area contributed by atoms with Gasteiger partial charge >= 0.3 is 0 Å². The van der Waals surface area contributed by atoms with Gasteiger partial charge in [-0.05, 0) is 25.1 Å². The Balaban J connectivity index is 2.04. The van der Waals surface area contributed by atoms with Gasteiger partial charge in [0.1, 0.15) is 22.3 Å². The number of carbonyl (C=O) groups excluding carboxylic acids is 1. The highest BCUT2D eigenvalue weighted by molar-refractivity contribution is 7.92. The van der Waals surface area contributed by atoms with Crippen LogP contribution in [0.3, 0.4) is 0 Å². The van der Waals surface area contributed by atoms with Crippen molar-refractivity contribution in [1.29, 1.82) is 0 Å². The van der Waals surface area contributed by atoms with Crippen LogP contribution in [0.1, 0.15) is 21.7 Å². The Hall–Kier alpha value is -2.11. The maximum Gasteiger partial charge on any atom is 0.234 e. The average Bonchev–Trinajstić information content (AvgIpc) is 3.16. The van der Waals surface area contributed by atoms with E-state index in [9.17, 15) is 22.0 Å². The van der Waals surface area contributed by atoms with Crippen molar-refractivity contribution in [2.75, 3.05) is 29.4 Å². The van der Waals surface area contributed by atoms with Gasteiger partial charge in [0.15, 0.2) is 0 Å². The molecule has 1 fully saturated rings. The molecule has 1 aromatic carbocycles. The van der Waals surface area contributed by atoms with Crippen molar-refractivity contribution >= 4 is 38.1 Å². The summed E-state index contributed by atoms with van der Waals surface area (Å²) in [7, 11) is -3.69. The molecule has 0 bridgehead atoms. The molecule has 1 aliphatic rings. The molecule has 7 nitrogen and oxygen atoms in total. The molecule has 0 spiro atoms. The number of anilines is 2. The minimum absolute atomic E-state index is 0.00111. The second kappa shape index (κ2) is 6.89. The number of nitrogens with zero attached hydrogens (tertiary/aromatic N) is 2. The Morgan fingerprint density at radius 1 is 1.38 bits per heavy atom. The minimum atomic E-state index is -3.69. The first-order chi connectivity index (χ1) is 12.2. The lowest BCUT2D eigenvalue weighted by Crippen LogP contribution is -2.41. The molecule has 11 heteroatoms. The number of aromatic nitrogens is 1. The Morgan fingerprint density at radius 3 is 2.58 bits per heavy atom. The summed E-state index contributed by atoms with van der Waals surface area (Å²) in [6.07, 6.45) is 1.60. The van der Waals surface area contributed by atoms with Gasteiger partial charge in [-0.2, -0.15) is 0 Å². The predicted octanol–water partition coefficient (Wildman–Crippen LogP) is 1.36. The molecule has 0 radical (unpaired) electrons. The number of halogens is 2. The Morgan fingerprint density at radius 2 is 2.04 bits per heavy atom. The van der Waals surface area contributed by atoms with Crippen LogP contribution in [0.25, 0.3) is 0 Å². The van der Waals surface area contributed by atoms with Crippen LogP contribution in [0, 0.1) is 11.6 Å². The number of thiazole rings is 1. The molecule has 2 heterocycles. The number of sulfonamides is 1. The van der Waals surface area contributed by atoms with Gasteiger partial charge in [-0.25, -0.2) is 26.5 Å². The molecule has 1 atom stereocenters. The first kappa shape index (κ1) is 18.7. The van der Waals surface area contributed by atoms with E-state index in [1.165, 1.54) is 0 Å². The van der Waals surface area contributed by atoms with Crippen molar-refractivity contribution in [2.45, 2.75) is 12.5 Å². The van der Waals surface area contributed by atoms with Gasteiger partial charge in [-0.3, -0.25) is 4.79 Å². The minimum Gasteiger partial charge on any atom is -0.382 e. The molecule has 1 aromatic heterocycles. The van der Waals surface area contributed by atoms with E-state index >= 15 is 0 Å². The Kier molecular flexibility index (Phi) is 4.95. The molecular formula is C15H16F2N4O3S2. The van der Waals surface area contributed by atoms with Crippen molar-refractivity contribution < 1.29 is 22.0 Å². The maximum atomic E-state index is 13.9. The van der Waals surface area contributed by atoms with E-state index in [1.807, 2.05) is 0 Å². The summed E-state index contributed by atoms with van der Waals surface area (Å²) in [6.45, 7) is 1.07. The zero-order valence-corrected chi connectivity index (χ0v) is 15.3. The van der Waals surface area contributed by atoms with Gasteiger partial charge in [-0.1, -0.05) is 17.4 Å². The fraction of sp³-hybridized carbons (Fsp3) is 0.333. The number of rotatable bonds is 5. The fourth-order valence-corrected chi connectivity index (χ4v) is 5.29. The summed E-state index contributed by atoms with van der Waals surface area (Å²) in [6, 6.07) is 2.69. The summed E-state index contributed by atoms with van der Waals surface area (Å²) < 4.78 is 53.3. The van der Waals surface area contributed by atoms with E-state index < -0.39 is 33.0 Å². The lowest BCUT2D eigenvalue weighted by molar-refractivity contribution is 0.103. The van der Waals surface area contributed by atoms with Gasteiger partial charge in [0, 0.05) is 6.54 Å². The highest BCUT2D eigenvalue weighted by Gasteiger charge is 2.34. The molecule has 140 valence electrons. The van der Waals surface area contributed by atoms with Crippen molar-refractivity contribution in [2.24, 2.45) is 0 Å². The highest BCUT2D eigenvalue weighted by Crippen LogP contribution is 2.34. The number of carbonyl (C=O) groups is 1. The topological polar surface area (TPSA) is 105 Å². The number of hydrogen-bond acceptors (Lipinski definition) is 7. The zero-order chi connectivity index (χ0) is 19.1. The second-order valence-electron chi connectivity index (χ2n) is 5.84. The smallest absolute Gasteiger partial charge is 0.234 e. The lowest BCUT2D eigenvalue weighted by atomic mass is 10.1. The van der Waals surface area contributed by atoms with E-state index in [4.69, 9.17) is 5.73 Å². The van der Waals surface area contributed by atoms with Crippen molar-refractivity contribution in [3.63, 3.8) is 0 Å². The monoisotopic (exact) mass is 402 g/mol. The normalized spacial score (nSPS) is 17.4. The molecule has 0 aliphatic carbocycles. The largest absolute Gasteiger partial charge is 0.382 e. The number of ketones is 1. The number of benzene rings is 1. The van der Waals surface area contributed by atoms with E-state index in [0.717, 1.165) is 28.8 Å². The molecular weight excluding hydrogens is 386 g/mol. The standard InChI is InChI=1S/C15H16F2N4O3S2/c1-26(23,24)21(8-5-6-19-7-8)15-20-14(18)13(25-15)12(22)11-9(16)3-2-4-10(11)17/h2-4,8,19H,5-7,18H2,1H3. The van der Waals surface area contributed by atoms with Crippen LogP contribution in [0.2, 0.25) is 0 Å². The van der Waals surface area contributed by atoms with Crippen LogP contribution in [-0.2, 0) is 10.0 Å². The maximum absolute atomic E-state index is 13.9. The molecule has 2 aromatic rings. The summed E-state index contributed by atoms with van der Waals surface area (Å²) in [4.78, 5) is 16.3. The SMILES string of the molecule is CS(=O)(=O)N(c1nc(N)c(C(=O)c2c(F)cccc2F)s1)C1CCNC1. The Labute approximate surface area is 152 Å². The van der Waals surface area contributed by atoms with Crippen molar-refractivity contribution in [3.05, 3.63) is 40.3 Å². The number of hydrogen-bond donors (Lipinski definition) is 2. The number of nitrogen functional groups attached to an aromatic ring is 1. The number of nitrogens with one attached hydrogen (secondary N) is 1. The van der Waals surface area contributed by atoms with Gasteiger partial charge in [0.25, 0.3) is 0 Å². The lowest BCUT2D eigenvalue weighted by Gasteiger charge is -2.25.